The van der Waals surface area contributed by atoms with Crippen LogP contribution in [0.15, 0.2) is 11.4 Å². The van der Waals surface area contributed by atoms with Gasteiger partial charge in [0, 0.05) is 12.6 Å². The van der Waals surface area contributed by atoms with Gasteiger partial charge in [-0.25, -0.2) is 4.98 Å². The predicted octanol–water partition coefficient (Wildman–Crippen LogP) is 1.39. The van der Waals surface area contributed by atoms with Gasteiger partial charge in [0.15, 0.2) is 0 Å². The van der Waals surface area contributed by atoms with Crippen molar-refractivity contribution in [3.8, 4) is 0 Å². The molecular formula is C11H15N5S. The van der Waals surface area contributed by atoms with Gasteiger partial charge in [0.1, 0.15) is 10.6 Å². The van der Waals surface area contributed by atoms with E-state index >= 15 is 0 Å². The summed E-state index contributed by atoms with van der Waals surface area (Å²) in [5, 5.41) is 6.56. The molecule has 2 aromatic heterocycles. The molecule has 1 aliphatic rings. The second kappa shape index (κ2) is 4.12. The largest absolute Gasteiger partial charge is 0.368 e. The van der Waals surface area contributed by atoms with Crippen molar-refractivity contribution in [2.45, 2.75) is 12.5 Å². The number of hydrogen-bond donors (Lipinski definition) is 2. The van der Waals surface area contributed by atoms with Gasteiger partial charge >= 0.3 is 0 Å². The van der Waals surface area contributed by atoms with Crippen molar-refractivity contribution in [3.05, 3.63) is 11.4 Å². The van der Waals surface area contributed by atoms with Crippen LogP contribution in [0.4, 0.5) is 11.8 Å². The lowest BCUT2D eigenvalue weighted by molar-refractivity contribution is 0.414. The Morgan fingerprint density at radius 2 is 2.41 bits per heavy atom. The number of anilines is 2. The van der Waals surface area contributed by atoms with Gasteiger partial charge in [-0.1, -0.05) is 0 Å². The molecule has 3 rings (SSSR count). The Morgan fingerprint density at radius 1 is 1.53 bits per heavy atom. The smallest absolute Gasteiger partial charge is 0.223 e. The molecule has 0 amide bonds. The molecule has 6 heteroatoms. The molecule has 0 radical (unpaired) electrons. The molecule has 0 saturated carbocycles. The number of nitrogen functional groups attached to an aromatic ring is 1. The van der Waals surface area contributed by atoms with Gasteiger partial charge in [-0.05, 0) is 31.5 Å². The number of likely N-dealkylation sites (tertiary alicyclic amines) is 1. The van der Waals surface area contributed by atoms with Crippen molar-refractivity contribution in [3.63, 3.8) is 0 Å². The van der Waals surface area contributed by atoms with Crippen LogP contribution in [0.3, 0.4) is 0 Å². The number of nitrogens with one attached hydrogen (secondary N) is 1. The fourth-order valence-electron chi connectivity index (χ4n) is 2.23. The van der Waals surface area contributed by atoms with Gasteiger partial charge in [-0.15, -0.1) is 11.3 Å². The van der Waals surface area contributed by atoms with Gasteiger partial charge in [0.05, 0.1) is 5.39 Å². The number of thiophene rings is 1. The Morgan fingerprint density at radius 3 is 3.18 bits per heavy atom. The van der Waals surface area contributed by atoms with Crippen molar-refractivity contribution in [2.24, 2.45) is 0 Å². The molecular weight excluding hydrogens is 234 g/mol. The lowest BCUT2D eigenvalue weighted by Gasteiger charge is -2.14. The van der Waals surface area contributed by atoms with E-state index in [1.165, 1.54) is 0 Å². The summed E-state index contributed by atoms with van der Waals surface area (Å²) in [4.78, 5) is 11.8. The standard InChI is InChI=1S/C11H15N5S/c1-16-4-2-7(6-16)13-9-8-3-5-17-10(8)15-11(12)14-9/h3,5,7H,2,4,6H2,1H3,(H3,12,13,14,15). The minimum Gasteiger partial charge on any atom is -0.368 e. The predicted molar refractivity (Wildman–Crippen MR) is 71.4 cm³/mol. The van der Waals surface area contributed by atoms with Gasteiger partial charge in [0.2, 0.25) is 5.95 Å². The molecule has 0 aliphatic carbocycles. The number of hydrogen-bond acceptors (Lipinski definition) is 6. The summed E-state index contributed by atoms with van der Waals surface area (Å²) in [5.41, 5.74) is 5.72. The summed E-state index contributed by atoms with van der Waals surface area (Å²) in [6.45, 7) is 2.18. The first kappa shape index (κ1) is 10.7. The molecule has 1 fully saturated rings. The number of aromatic nitrogens is 2. The van der Waals surface area contributed by atoms with E-state index < -0.39 is 0 Å². The second-order valence-electron chi connectivity index (χ2n) is 4.46. The molecule has 0 spiro atoms. The Balaban J connectivity index is 1.91. The van der Waals surface area contributed by atoms with Gasteiger partial charge in [-0.2, -0.15) is 4.98 Å². The van der Waals surface area contributed by atoms with Crippen molar-refractivity contribution < 1.29 is 0 Å². The van der Waals surface area contributed by atoms with E-state index in [1.807, 2.05) is 11.4 Å². The van der Waals surface area contributed by atoms with E-state index in [2.05, 4.69) is 27.2 Å². The summed E-state index contributed by atoms with van der Waals surface area (Å²) in [5.74, 6) is 1.21. The van der Waals surface area contributed by atoms with E-state index in [-0.39, 0.29) is 0 Å². The molecule has 3 N–H and O–H groups in total. The summed E-state index contributed by atoms with van der Waals surface area (Å²) in [6.07, 6.45) is 1.14. The summed E-state index contributed by atoms with van der Waals surface area (Å²) in [7, 11) is 2.14. The fraction of sp³-hybridized carbons (Fsp3) is 0.455. The van der Waals surface area contributed by atoms with E-state index in [4.69, 9.17) is 5.73 Å². The Hall–Kier alpha value is -1.40. The highest BCUT2D eigenvalue weighted by Crippen LogP contribution is 2.27. The minimum absolute atomic E-state index is 0.341. The molecule has 17 heavy (non-hydrogen) atoms. The van der Waals surface area contributed by atoms with Crippen molar-refractivity contribution in [1.82, 2.24) is 14.9 Å². The topological polar surface area (TPSA) is 67.1 Å². The Kier molecular flexibility index (Phi) is 2.60. The van der Waals surface area contributed by atoms with Crippen LogP contribution in [0.1, 0.15) is 6.42 Å². The lowest BCUT2D eigenvalue weighted by Crippen LogP contribution is -2.24. The number of nitrogens with zero attached hydrogens (tertiary/aromatic N) is 3. The van der Waals surface area contributed by atoms with E-state index in [1.54, 1.807) is 11.3 Å². The van der Waals surface area contributed by atoms with Crippen LogP contribution in [-0.2, 0) is 0 Å². The SMILES string of the molecule is CN1CCC(Nc2nc(N)nc3sccc23)C1. The molecule has 2 aromatic rings. The maximum absolute atomic E-state index is 5.72. The van der Waals surface area contributed by atoms with E-state index in [0.717, 1.165) is 35.5 Å². The zero-order chi connectivity index (χ0) is 11.8. The fourth-order valence-corrected chi connectivity index (χ4v) is 3.00. The zero-order valence-electron chi connectivity index (χ0n) is 9.68. The van der Waals surface area contributed by atoms with Crippen LogP contribution >= 0.6 is 11.3 Å². The zero-order valence-corrected chi connectivity index (χ0v) is 10.5. The maximum atomic E-state index is 5.72. The number of fused-ring (bicyclic) bond motifs is 1. The van der Waals surface area contributed by atoms with E-state index in [0.29, 0.717) is 12.0 Å². The summed E-state index contributed by atoms with van der Waals surface area (Å²) in [6, 6.07) is 2.50. The monoisotopic (exact) mass is 249 g/mol. The average molecular weight is 249 g/mol. The molecule has 0 aromatic carbocycles. The van der Waals surface area contributed by atoms with Gasteiger partial charge < -0.3 is 16.0 Å². The highest BCUT2D eigenvalue weighted by Gasteiger charge is 2.20. The third-order valence-electron chi connectivity index (χ3n) is 3.07. The first-order valence-electron chi connectivity index (χ1n) is 5.68. The van der Waals surface area contributed by atoms with E-state index in [9.17, 15) is 0 Å². The highest BCUT2D eigenvalue weighted by molar-refractivity contribution is 7.16. The Bertz CT molecular complexity index is 538. The lowest BCUT2D eigenvalue weighted by atomic mass is 10.2. The normalized spacial score (nSPS) is 21.1. The minimum atomic E-state index is 0.341. The molecule has 3 heterocycles. The number of rotatable bonds is 2. The number of likely N-dealkylation sites (N-methyl/N-ethyl adjacent to an activating group) is 1. The molecule has 0 bridgehead atoms. The average Bonchev–Trinajstić information content (AvgIpc) is 2.87. The first-order valence-corrected chi connectivity index (χ1v) is 6.56. The van der Waals surface area contributed by atoms with Crippen LogP contribution in [0.25, 0.3) is 10.2 Å². The van der Waals surface area contributed by atoms with Gasteiger partial charge in [-0.3, -0.25) is 0 Å². The second-order valence-corrected chi connectivity index (χ2v) is 5.36. The summed E-state index contributed by atoms with van der Waals surface area (Å²) < 4.78 is 0. The van der Waals surface area contributed by atoms with Crippen molar-refractivity contribution in [1.29, 1.82) is 0 Å². The van der Waals surface area contributed by atoms with Crippen LogP contribution < -0.4 is 11.1 Å². The molecule has 1 saturated heterocycles. The van der Waals surface area contributed by atoms with Gasteiger partial charge in [0.25, 0.3) is 0 Å². The molecule has 1 aliphatic heterocycles. The van der Waals surface area contributed by atoms with Crippen molar-refractivity contribution in [2.75, 3.05) is 31.2 Å². The van der Waals surface area contributed by atoms with Crippen molar-refractivity contribution >= 4 is 33.3 Å². The molecule has 1 atom stereocenters. The third-order valence-corrected chi connectivity index (χ3v) is 3.88. The molecule has 1 unspecified atom stereocenters. The first-order chi connectivity index (χ1) is 8.22. The van der Waals surface area contributed by atoms with Crippen LogP contribution in [0, 0.1) is 0 Å². The number of nitrogens with two attached hydrogens (primary N) is 1. The molecule has 90 valence electrons. The quantitative estimate of drug-likeness (QED) is 0.842. The maximum Gasteiger partial charge on any atom is 0.223 e. The highest BCUT2D eigenvalue weighted by atomic mass is 32.1. The van der Waals surface area contributed by atoms with Crippen LogP contribution in [0.2, 0.25) is 0 Å². The summed E-state index contributed by atoms with van der Waals surface area (Å²) >= 11 is 1.59. The molecule has 5 nitrogen and oxygen atoms in total. The van der Waals surface area contributed by atoms with Crippen LogP contribution in [0.5, 0.6) is 0 Å². The Labute approximate surface area is 104 Å². The van der Waals surface area contributed by atoms with Crippen LogP contribution in [-0.4, -0.2) is 41.0 Å². The third kappa shape index (κ3) is 2.05.